The second kappa shape index (κ2) is 8.46. The number of ether oxygens (including phenoxy) is 2. The fourth-order valence-electron chi connectivity index (χ4n) is 1.83. The second-order valence-corrected chi connectivity index (χ2v) is 6.06. The average molecular weight is 380 g/mol. The van der Waals surface area contributed by atoms with Crippen molar-refractivity contribution in [2.75, 3.05) is 13.7 Å². The quantitative estimate of drug-likeness (QED) is 0.433. The van der Waals surface area contributed by atoms with Crippen LogP contribution < -0.4 is 9.47 Å². The number of carbonyl (C=O) groups is 1. The molecule has 0 aliphatic heterocycles. The monoisotopic (exact) mass is 379 g/mol. The highest BCUT2D eigenvalue weighted by molar-refractivity contribution is 8.04. The number of methoxy groups -OCH3 is 1. The van der Waals surface area contributed by atoms with E-state index >= 15 is 0 Å². The Morgan fingerprint density at radius 3 is 2.88 bits per heavy atom. The Bertz CT molecular complexity index is 858. The number of terminal acetylenes is 1. The topological polar surface area (TPSA) is 97.3 Å². The van der Waals surface area contributed by atoms with E-state index in [0.717, 1.165) is 11.8 Å². The molecule has 0 radical (unpaired) electrons. The fraction of sp³-hybridized carbons (Fsp3) is 0.188. The van der Waals surface area contributed by atoms with E-state index in [1.807, 2.05) is 0 Å². The lowest BCUT2D eigenvalue weighted by Crippen LogP contribution is -1.99. The third-order valence-corrected chi connectivity index (χ3v) is 4.00. The van der Waals surface area contributed by atoms with E-state index in [4.69, 9.17) is 27.5 Å². The van der Waals surface area contributed by atoms with Crippen LogP contribution in [0.15, 0.2) is 22.2 Å². The van der Waals surface area contributed by atoms with Gasteiger partial charge in [0.05, 0.1) is 12.1 Å². The van der Waals surface area contributed by atoms with Crippen molar-refractivity contribution in [1.29, 1.82) is 0 Å². The van der Waals surface area contributed by atoms with E-state index in [0.29, 0.717) is 28.0 Å². The molecule has 9 heteroatoms. The molecule has 25 heavy (non-hydrogen) atoms. The highest BCUT2D eigenvalue weighted by Crippen LogP contribution is 2.37. The maximum Gasteiger partial charge on any atom is 0.342 e. The Balaban J connectivity index is 2.37. The van der Waals surface area contributed by atoms with Gasteiger partial charge in [0.25, 0.3) is 0 Å². The van der Waals surface area contributed by atoms with Crippen molar-refractivity contribution in [3.05, 3.63) is 33.4 Å². The van der Waals surface area contributed by atoms with Gasteiger partial charge >= 0.3 is 5.97 Å². The van der Waals surface area contributed by atoms with Crippen LogP contribution in [0.1, 0.15) is 11.4 Å². The SMILES string of the molecule is C#CCOc1c(Cl)cc(C=C(Sc2n[nH]c(C)n2)C(=O)O)cc1OC. The first-order valence-corrected chi connectivity index (χ1v) is 8.09. The molecule has 0 saturated carbocycles. The van der Waals surface area contributed by atoms with Gasteiger partial charge in [-0.05, 0) is 42.5 Å². The van der Waals surface area contributed by atoms with Gasteiger partial charge in [-0.1, -0.05) is 17.5 Å². The van der Waals surface area contributed by atoms with Crippen molar-refractivity contribution in [1.82, 2.24) is 15.2 Å². The van der Waals surface area contributed by atoms with Crippen molar-refractivity contribution in [3.63, 3.8) is 0 Å². The molecule has 1 heterocycles. The molecule has 0 amide bonds. The molecule has 1 aromatic carbocycles. The van der Waals surface area contributed by atoms with Crippen LogP contribution in [0.5, 0.6) is 11.5 Å². The number of benzene rings is 1. The predicted octanol–water partition coefficient (Wildman–Crippen LogP) is 3.00. The van der Waals surface area contributed by atoms with Crippen LogP contribution in [0.4, 0.5) is 0 Å². The third-order valence-electron chi connectivity index (χ3n) is 2.84. The van der Waals surface area contributed by atoms with E-state index in [2.05, 4.69) is 21.1 Å². The fourth-order valence-corrected chi connectivity index (χ4v) is 2.86. The predicted molar refractivity (Wildman–Crippen MR) is 94.9 cm³/mol. The number of rotatable bonds is 7. The minimum absolute atomic E-state index is 0.0226. The Labute approximate surface area is 153 Å². The summed E-state index contributed by atoms with van der Waals surface area (Å²) in [6, 6.07) is 3.16. The summed E-state index contributed by atoms with van der Waals surface area (Å²) in [4.78, 5) is 15.6. The first-order valence-electron chi connectivity index (χ1n) is 6.90. The van der Waals surface area contributed by atoms with Crippen molar-refractivity contribution in [2.24, 2.45) is 0 Å². The molecule has 7 nitrogen and oxygen atoms in total. The summed E-state index contributed by atoms with van der Waals surface area (Å²) >= 11 is 7.11. The number of aromatic nitrogens is 3. The highest BCUT2D eigenvalue weighted by atomic mass is 35.5. The molecule has 0 aliphatic carbocycles. The van der Waals surface area contributed by atoms with E-state index in [-0.39, 0.29) is 16.5 Å². The minimum atomic E-state index is -1.12. The number of hydrogen-bond acceptors (Lipinski definition) is 6. The van der Waals surface area contributed by atoms with Gasteiger partial charge in [-0.25, -0.2) is 9.78 Å². The molecule has 0 aliphatic rings. The van der Waals surface area contributed by atoms with Gasteiger partial charge in [0.2, 0.25) is 5.16 Å². The molecule has 0 fully saturated rings. The Kier molecular flexibility index (Phi) is 6.33. The zero-order valence-corrected chi connectivity index (χ0v) is 14.9. The number of nitrogens with zero attached hydrogens (tertiary/aromatic N) is 2. The normalized spacial score (nSPS) is 11.0. The van der Waals surface area contributed by atoms with E-state index in [1.165, 1.54) is 13.2 Å². The van der Waals surface area contributed by atoms with Crippen LogP contribution in [0.2, 0.25) is 5.02 Å². The highest BCUT2D eigenvalue weighted by Gasteiger charge is 2.16. The summed E-state index contributed by atoms with van der Waals surface area (Å²) in [5.41, 5.74) is 0.520. The number of aromatic amines is 1. The standard InChI is InChI=1S/C16H14ClN3O4S/c1-4-5-24-14-11(17)6-10(7-12(14)23-3)8-13(15(21)22)25-16-18-9(2)19-20-16/h1,6-8H,5H2,2-3H3,(H,21,22)(H,18,19,20). The first kappa shape index (κ1) is 18.7. The van der Waals surface area contributed by atoms with Crippen LogP contribution >= 0.6 is 23.4 Å². The van der Waals surface area contributed by atoms with Crippen molar-refractivity contribution in [2.45, 2.75) is 12.1 Å². The number of thioether (sulfide) groups is 1. The lowest BCUT2D eigenvalue weighted by atomic mass is 10.2. The summed E-state index contributed by atoms with van der Waals surface area (Å²) in [5, 5.41) is 16.5. The smallest absolute Gasteiger partial charge is 0.342 e. The Morgan fingerprint density at radius 2 is 2.32 bits per heavy atom. The number of aryl methyl sites for hydroxylation is 1. The molecular weight excluding hydrogens is 366 g/mol. The summed E-state index contributed by atoms with van der Waals surface area (Å²) in [6.45, 7) is 1.76. The minimum Gasteiger partial charge on any atom is -0.493 e. The van der Waals surface area contributed by atoms with Crippen LogP contribution in [-0.4, -0.2) is 40.0 Å². The van der Waals surface area contributed by atoms with Gasteiger partial charge in [-0.2, -0.15) is 0 Å². The van der Waals surface area contributed by atoms with E-state index in [9.17, 15) is 9.90 Å². The number of carboxylic acids is 1. The van der Waals surface area contributed by atoms with Crippen LogP contribution in [-0.2, 0) is 4.79 Å². The van der Waals surface area contributed by atoms with E-state index < -0.39 is 5.97 Å². The molecule has 130 valence electrons. The number of hydrogen-bond donors (Lipinski definition) is 2. The Hall–Kier alpha value is -2.63. The number of aliphatic carboxylic acids is 1. The van der Waals surface area contributed by atoms with E-state index in [1.54, 1.807) is 19.1 Å². The summed E-state index contributed by atoms with van der Waals surface area (Å²) in [7, 11) is 1.45. The first-order chi connectivity index (χ1) is 11.9. The van der Waals surface area contributed by atoms with Gasteiger partial charge in [0, 0.05) is 0 Å². The number of H-pyrrole nitrogens is 1. The number of carboxylic acid groups (broad SMARTS) is 1. The molecule has 0 saturated heterocycles. The van der Waals surface area contributed by atoms with Crippen molar-refractivity contribution in [3.8, 4) is 23.8 Å². The maximum atomic E-state index is 11.5. The summed E-state index contributed by atoms with van der Waals surface area (Å²) < 4.78 is 10.6. The zero-order valence-electron chi connectivity index (χ0n) is 13.4. The number of halogens is 1. The molecule has 0 bridgehead atoms. The summed E-state index contributed by atoms with van der Waals surface area (Å²) in [6.07, 6.45) is 6.61. The molecule has 2 rings (SSSR count). The molecule has 2 aromatic rings. The van der Waals surface area contributed by atoms with Gasteiger partial charge in [0.15, 0.2) is 11.5 Å². The third kappa shape index (κ3) is 4.92. The van der Waals surface area contributed by atoms with Crippen molar-refractivity contribution >= 4 is 35.4 Å². The molecule has 2 N–H and O–H groups in total. The zero-order chi connectivity index (χ0) is 18.4. The lowest BCUT2D eigenvalue weighted by Gasteiger charge is -2.12. The van der Waals surface area contributed by atoms with Crippen LogP contribution in [0.3, 0.4) is 0 Å². The molecular formula is C16H14ClN3O4S. The second-order valence-electron chi connectivity index (χ2n) is 4.65. The summed E-state index contributed by atoms with van der Waals surface area (Å²) in [5.74, 6) is 2.46. The van der Waals surface area contributed by atoms with Crippen LogP contribution in [0, 0.1) is 19.3 Å². The lowest BCUT2D eigenvalue weighted by molar-refractivity contribution is -0.131. The maximum absolute atomic E-state index is 11.5. The van der Waals surface area contributed by atoms with Crippen LogP contribution in [0.25, 0.3) is 6.08 Å². The number of nitrogens with one attached hydrogen (secondary N) is 1. The average Bonchev–Trinajstić information content (AvgIpc) is 2.97. The largest absolute Gasteiger partial charge is 0.493 e. The molecule has 1 aromatic heterocycles. The molecule has 0 spiro atoms. The van der Waals surface area contributed by atoms with Gasteiger partial charge < -0.3 is 14.6 Å². The molecule has 0 atom stereocenters. The van der Waals surface area contributed by atoms with Gasteiger partial charge in [-0.3, -0.25) is 5.10 Å². The van der Waals surface area contributed by atoms with Crippen molar-refractivity contribution < 1.29 is 19.4 Å². The van der Waals surface area contributed by atoms with Gasteiger partial charge in [0.1, 0.15) is 17.3 Å². The molecule has 0 unspecified atom stereocenters. The Morgan fingerprint density at radius 1 is 1.56 bits per heavy atom. The van der Waals surface area contributed by atoms with Gasteiger partial charge in [-0.15, -0.1) is 11.5 Å².